The third-order valence-electron chi connectivity index (χ3n) is 3.66. The second kappa shape index (κ2) is 4.15. The molecule has 0 aliphatic heterocycles. The number of nitrogens with zero attached hydrogens (tertiary/aromatic N) is 2. The number of rotatable bonds is 3. The molecule has 0 aromatic carbocycles. The van der Waals surface area contributed by atoms with Gasteiger partial charge in [0.05, 0.1) is 11.7 Å². The molecular weight excluding hydrogens is 210 g/mol. The highest BCUT2D eigenvalue weighted by atomic mass is 15.0. The van der Waals surface area contributed by atoms with Gasteiger partial charge in [0.15, 0.2) is 0 Å². The quantitative estimate of drug-likeness (QED) is 0.878. The fourth-order valence-corrected chi connectivity index (χ4v) is 2.59. The molecule has 3 nitrogen and oxygen atoms in total. The van der Waals surface area contributed by atoms with Crippen LogP contribution in [0.25, 0.3) is 5.52 Å². The van der Waals surface area contributed by atoms with Gasteiger partial charge >= 0.3 is 0 Å². The van der Waals surface area contributed by atoms with E-state index in [1.807, 2.05) is 6.20 Å². The molecule has 1 aliphatic rings. The van der Waals surface area contributed by atoms with Crippen molar-refractivity contribution >= 4 is 5.52 Å². The van der Waals surface area contributed by atoms with Gasteiger partial charge in [-0.2, -0.15) is 0 Å². The largest absolute Gasteiger partial charge is 0.328 e. The van der Waals surface area contributed by atoms with Crippen LogP contribution in [0.15, 0.2) is 24.4 Å². The zero-order valence-corrected chi connectivity index (χ0v) is 10.3. The number of pyridine rings is 1. The Bertz CT molecular complexity index is 523. The predicted molar refractivity (Wildman–Crippen MR) is 69.1 cm³/mol. The van der Waals surface area contributed by atoms with Gasteiger partial charge in [-0.3, -0.25) is 0 Å². The minimum absolute atomic E-state index is 0.192. The third kappa shape index (κ3) is 1.84. The van der Waals surface area contributed by atoms with E-state index < -0.39 is 0 Å². The van der Waals surface area contributed by atoms with Crippen molar-refractivity contribution in [1.29, 1.82) is 0 Å². The summed E-state index contributed by atoms with van der Waals surface area (Å²) in [7, 11) is 0. The van der Waals surface area contributed by atoms with Gasteiger partial charge in [0.25, 0.3) is 0 Å². The van der Waals surface area contributed by atoms with E-state index in [2.05, 4.69) is 34.5 Å². The van der Waals surface area contributed by atoms with Crippen LogP contribution in [0.5, 0.6) is 0 Å². The normalized spacial score (nSPS) is 18.2. The molecule has 17 heavy (non-hydrogen) atoms. The molecule has 2 N–H and O–H groups in total. The molecule has 0 bridgehead atoms. The van der Waals surface area contributed by atoms with E-state index in [9.17, 15) is 0 Å². The maximum atomic E-state index is 5.92. The second-order valence-corrected chi connectivity index (χ2v) is 5.20. The lowest BCUT2D eigenvalue weighted by Crippen LogP contribution is -2.21. The summed E-state index contributed by atoms with van der Waals surface area (Å²) in [5.74, 6) is 1.90. The summed E-state index contributed by atoms with van der Waals surface area (Å²) in [6.07, 6.45) is 6.80. The molecule has 0 radical (unpaired) electrons. The molecule has 2 aromatic heterocycles. The molecule has 90 valence electrons. The molecule has 3 rings (SSSR count). The molecule has 1 fully saturated rings. The van der Waals surface area contributed by atoms with E-state index in [4.69, 9.17) is 5.73 Å². The van der Waals surface area contributed by atoms with Crippen LogP contribution in [-0.2, 0) is 6.42 Å². The van der Waals surface area contributed by atoms with Crippen molar-refractivity contribution in [2.24, 2.45) is 5.73 Å². The summed E-state index contributed by atoms with van der Waals surface area (Å²) in [5.41, 5.74) is 8.41. The van der Waals surface area contributed by atoms with Gasteiger partial charge in [-0.15, -0.1) is 0 Å². The lowest BCUT2D eigenvalue weighted by molar-refractivity contribution is 0.399. The average molecular weight is 229 g/mol. The van der Waals surface area contributed by atoms with Crippen molar-refractivity contribution in [2.45, 2.75) is 44.6 Å². The Morgan fingerprint density at radius 3 is 2.94 bits per heavy atom. The van der Waals surface area contributed by atoms with E-state index >= 15 is 0 Å². The lowest BCUT2D eigenvalue weighted by atomic mass is 9.85. The summed E-state index contributed by atoms with van der Waals surface area (Å²) in [6, 6.07) is 6.58. The molecule has 2 aromatic rings. The van der Waals surface area contributed by atoms with Gasteiger partial charge in [-0.05, 0) is 31.9 Å². The first-order valence-electron chi connectivity index (χ1n) is 6.46. The highest BCUT2D eigenvalue weighted by Crippen LogP contribution is 2.36. The van der Waals surface area contributed by atoms with Crippen LogP contribution in [0.1, 0.15) is 43.6 Å². The lowest BCUT2D eigenvalue weighted by Gasteiger charge is -2.25. The Hall–Kier alpha value is -1.35. The number of aromatic nitrogens is 2. The Morgan fingerprint density at radius 2 is 2.29 bits per heavy atom. The second-order valence-electron chi connectivity index (χ2n) is 5.20. The molecule has 0 spiro atoms. The Morgan fingerprint density at radius 1 is 1.47 bits per heavy atom. The van der Waals surface area contributed by atoms with E-state index in [1.165, 1.54) is 36.3 Å². The van der Waals surface area contributed by atoms with E-state index in [0.717, 1.165) is 6.42 Å². The van der Waals surface area contributed by atoms with Crippen molar-refractivity contribution < 1.29 is 0 Å². The van der Waals surface area contributed by atoms with Crippen molar-refractivity contribution in [3.63, 3.8) is 0 Å². The topological polar surface area (TPSA) is 43.3 Å². The van der Waals surface area contributed by atoms with Gasteiger partial charge in [0.1, 0.15) is 5.82 Å². The zero-order valence-electron chi connectivity index (χ0n) is 10.3. The third-order valence-corrected chi connectivity index (χ3v) is 3.66. The molecule has 0 amide bonds. The maximum absolute atomic E-state index is 5.92. The SMILES string of the molecule is CC(N)Cc1cccc2cnc(C3CCC3)n12. The Kier molecular flexibility index (Phi) is 2.63. The standard InChI is InChI=1S/C14H19N3/c1-10(15)8-12-6-3-7-13-9-16-14(17(12)13)11-4-2-5-11/h3,6-7,9-11H,2,4-5,8,15H2,1H3. The zero-order chi connectivity index (χ0) is 11.8. The number of hydrogen-bond donors (Lipinski definition) is 1. The van der Waals surface area contributed by atoms with Gasteiger partial charge in [-0.25, -0.2) is 4.98 Å². The number of nitrogens with two attached hydrogens (primary N) is 1. The van der Waals surface area contributed by atoms with Crippen molar-refractivity contribution in [3.8, 4) is 0 Å². The number of hydrogen-bond acceptors (Lipinski definition) is 2. The predicted octanol–water partition coefficient (Wildman–Crippen LogP) is 2.49. The van der Waals surface area contributed by atoms with Crippen molar-refractivity contribution in [1.82, 2.24) is 9.38 Å². The minimum atomic E-state index is 0.192. The average Bonchev–Trinajstić information content (AvgIpc) is 2.60. The summed E-state index contributed by atoms with van der Waals surface area (Å²) in [4.78, 5) is 4.61. The summed E-state index contributed by atoms with van der Waals surface area (Å²) in [5, 5.41) is 0. The number of fused-ring (bicyclic) bond motifs is 1. The highest BCUT2D eigenvalue weighted by Gasteiger charge is 2.24. The van der Waals surface area contributed by atoms with Crippen LogP contribution in [0.4, 0.5) is 0 Å². The van der Waals surface area contributed by atoms with Crippen LogP contribution in [0.3, 0.4) is 0 Å². The first-order chi connectivity index (χ1) is 8.25. The van der Waals surface area contributed by atoms with Gasteiger partial charge in [0, 0.05) is 24.1 Å². The fourth-order valence-electron chi connectivity index (χ4n) is 2.59. The monoisotopic (exact) mass is 229 g/mol. The molecule has 2 heterocycles. The van der Waals surface area contributed by atoms with Crippen molar-refractivity contribution in [3.05, 3.63) is 35.9 Å². The first-order valence-corrected chi connectivity index (χ1v) is 6.46. The Balaban J connectivity index is 2.10. The van der Waals surface area contributed by atoms with Gasteiger partial charge < -0.3 is 10.1 Å². The van der Waals surface area contributed by atoms with Crippen LogP contribution in [0, 0.1) is 0 Å². The fraction of sp³-hybridized carbons (Fsp3) is 0.500. The van der Waals surface area contributed by atoms with Crippen LogP contribution in [-0.4, -0.2) is 15.4 Å². The van der Waals surface area contributed by atoms with Crippen LogP contribution >= 0.6 is 0 Å². The van der Waals surface area contributed by atoms with Gasteiger partial charge in [0.2, 0.25) is 0 Å². The highest BCUT2D eigenvalue weighted by molar-refractivity contribution is 5.48. The summed E-state index contributed by atoms with van der Waals surface area (Å²) >= 11 is 0. The summed E-state index contributed by atoms with van der Waals surface area (Å²) < 4.78 is 2.31. The van der Waals surface area contributed by atoms with Gasteiger partial charge in [-0.1, -0.05) is 12.5 Å². The van der Waals surface area contributed by atoms with Crippen LogP contribution in [0.2, 0.25) is 0 Å². The van der Waals surface area contributed by atoms with Crippen LogP contribution < -0.4 is 5.73 Å². The Labute approximate surface area is 102 Å². The molecular formula is C14H19N3. The number of imidazole rings is 1. The van der Waals surface area contributed by atoms with E-state index in [0.29, 0.717) is 5.92 Å². The molecule has 0 saturated heterocycles. The summed E-state index contributed by atoms with van der Waals surface area (Å²) in [6.45, 7) is 2.05. The maximum Gasteiger partial charge on any atom is 0.116 e. The van der Waals surface area contributed by atoms with E-state index in [-0.39, 0.29) is 6.04 Å². The first kappa shape index (κ1) is 10.8. The molecule has 1 aliphatic carbocycles. The molecule has 1 saturated carbocycles. The molecule has 3 heteroatoms. The smallest absolute Gasteiger partial charge is 0.116 e. The molecule has 1 atom stereocenters. The molecule has 1 unspecified atom stereocenters. The van der Waals surface area contributed by atoms with E-state index in [1.54, 1.807) is 0 Å². The van der Waals surface area contributed by atoms with Crippen molar-refractivity contribution in [2.75, 3.05) is 0 Å². The minimum Gasteiger partial charge on any atom is -0.328 e.